The summed E-state index contributed by atoms with van der Waals surface area (Å²) < 4.78 is 0. The van der Waals surface area contributed by atoms with E-state index in [2.05, 4.69) is 5.32 Å². The Bertz CT molecular complexity index is 155. The Hall–Kier alpha value is -0.220. The Kier molecular flexibility index (Phi) is 3.88. The topological polar surface area (TPSA) is 32.3 Å². The molecule has 12 heavy (non-hydrogen) atoms. The molecule has 1 aliphatic rings. The predicted octanol–water partition coefficient (Wildman–Crippen LogP) is 0.170. The molecule has 1 rings (SSSR count). The summed E-state index contributed by atoms with van der Waals surface area (Å²) >= 11 is 1.95. The van der Waals surface area contributed by atoms with Gasteiger partial charge in [0.2, 0.25) is 5.91 Å². The summed E-state index contributed by atoms with van der Waals surface area (Å²) in [6.45, 7) is 0.484. The van der Waals surface area contributed by atoms with Gasteiger partial charge in [-0.3, -0.25) is 4.79 Å². The minimum absolute atomic E-state index is 0.159. The van der Waals surface area contributed by atoms with Gasteiger partial charge in [-0.15, -0.1) is 0 Å². The van der Waals surface area contributed by atoms with Gasteiger partial charge in [0.1, 0.15) is 0 Å². The smallest absolute Gasteiger partial charge is 0.236 e. The lowest BCUT2D eigenvalue weighted by Crippen LogP contribution is -2.38. The summed E-state index contributed by atoms with van der Waals surface area (Å²) in [7, 11) is 3.57. The number of amides is 1. The summed E-state index contributed by atoms with van der Waals surface area (Å²) in [4.78, 5) is 12.8. The van der Waals surface area contributed by atoms with Crippen molar-refractivity contribution in [2.45, 2.75) is 12.5 Å². The Morgan fingerprint density at radius 2 is 2.42 bits per heavy atom. The number of carbonyl (C=O) groups excluding carboxylic acids is 1. The van der Waals surface area contributed by atoms with Crippen molar-refractivity contribution >= 4 is 17.7 Å². The van der Waals surface area contributed by atoms with Crippen molar-refractivity contribution in [3.63, 3.8) is 0 Å². The van der Waals surface area contributed by atoms with Crippen LogP contribution in [0.5, 0.6) is 0 Å². The van der Waals surface area contributed by atoms with Crippen LogP contribution in [0.4, 0.5) is 0 Å². The van der Waals surface area contributed by atoms with Gasteiger partial charge in [-0.2, -0.15) is 11.8 Å². The summed E-state index contributed by atoms with van der Waals surface area (Å²) in [6.07, 6.45) is 1.20. The van der Waals surface area contributed by atoms with Crippen molar-refractivity contribution in [1.82, 2.24) is 10.2 Å². The lowest BCUT2D eigenvalue weighted by molar-refractivity contribution is -0.127. The third-order valence-corrected chi connectivity index (χ3v) is 3.13. The number of carbonyl (C=O) groups is 1. The van der Waals surface area contributed by atoms with Gasteiger partial charge < -0.3 is 10.2 Å². The van der Waals surface area contributed by atoms with E-state index in [4.69, 9.17) is 0 Å². The van der Waals surface area contributed by atoms with Crippen molar-refractivity contribution in [3.05, 3.63) is 0 Å². The molecular formula is C8H16N2OS. The van der Waals surface area contributed by atoms with E-state index in [9.17, 15) is 4.79 Å². The molecule has 1 N–H and O–H groups in total. The molecule has 1 heterocycles. The van der Waals surface area contributed by atoms with Crippen LogP contribution in [-0.4, -0.2) is 49.0 Å². The fourth-order valence-corrected chi connectivity index (χ4v) is 2.27. The number of likely N-dealkylation sites (N-methyl/N-ethyl adjacent to an activating group) is 1. The number of hydrogen-bond donors (Lipinski definition) is 1. The molecule has 0 spiro atoms. The Labute approximate surface area is 77.9 Å². The zero-order valence-electron chi connectivity index (χ0n) is 7.67. The third kappa shape index (κ3) is 3.03. The minimum atomic E-state index is 0.159. The van der Waals surface area contributed by atoms with E-state index in [1.807, 2.05) is 11.8 Å². The normalized spacial score (nSPS) is 22.7. The fraction of sp³-hybridized carbons (Fsp3) is 0.875. The van der Waals surface area contributed by atoms with Crippen molar-refractivity contribution in [1.29, 1.82) is 0 Å². The standard InChI is InChI=1S/C8H16N2OS/c1-10(2)8(11)5-9-7-3-4-12-6-7/h7,9H,3-6H2,1-2H3/t7-/m1/s1. The number of nitrogens with zero attached hydrogens (tertiary/aromatic N) is 1. The molecule has 0 aliphatic carbocycles. The van der Waals surface area contributed by atoms with Crippen molar-refractivity contribution in [2.75, 3.05) is 32.1 Å². The van der Waals surface area contributed by atoms with Crippen LogP contribution in [0.15, 0.2) is 0 Å². The SMILES string of the molecule is CN(C)C(=O)CN[C@@H]1CCSC1. The molecule has 0 radical (unpaired) electrons. The second-order valence-corrected chi connectivity index (χ2v) is 4.38. The summed E-state index contributed by atoms with van der Waals surface area (Å²) in [5.41, 5.74) is 0. The van der Waals surface area contributed by atoms with Crippen molar-refractivity contribution in [2.24, 2.45) is 0 Å². The second-order valence-electron chi connectivity index (χ2n) is 3.23. The highest BCUT2D eigenvalue weighted by Gasteiger charge is 2.15. The summed E-state index contributed by atoms with van der Waals surface area (Å²) in [5.74, 6) is 2.54. The largest absolute Gasteiger partial charge is 0.348 e. The molecule has 1 amide bonds. The highest BCUT2D eigenvalue weighted by molar-refractivity contribution is 7.99. The first-order chi connectivity index (χ1) is 5.70. The van der Waals surface area contributed by atoms with E-state index in [0.29, 0.717) is 12.6 Å². The second kappa shape index (κ2) is 4.72. The first-order valence-corrected chi connectivity index (χ1v) is 5.37. The molecule has 0 aromatic carbocycles. The number of thioether (sulfide) groups is 1. The first kappa shape index (κ1) is 9.86. The van der Waals surface area contributed by atoms with Crippen LogP contribution in [0.1, 0.15) is 6.42 Å². The Balaban J connectivity index is 2.12. The Morgan fingerprint density at radius 1 is 1.67 bits per heavy atom. The molecular weight excluding hydrogens is 172 g/mol. The van der Waals surface area contributed by atoms with Gasteiger partial charge in [0.05, 0.1) is 6.54 Å². The van der Waals surface area contributed by atoms with Gasteiger partial charge >= 0.3 is 0 Å². The molecule has 1 atom stereocenters. The molecule has 70 valence electrons. The van der Waals surface area contributed by atoms with Gasteiger partial charge in [0, 0.05) is 25.9 Å². The van der Waals surface area contributed by atoms with Crippen LogP contribution < -0.4 is 5.32 Å². The number of nitrogens with one attached hydrogen (secondary N) is 1. The highest BCUT2D eigenvalue weighted by atomic mass is 32.2. The fourth-order valence-electron chi connectivity index (χ4n) is 1.09. The molecule has 1 fully saturated rings. The maximum atomic E-state index is 11.2. The van der Waals surface area contributed by atoms with Gasteiger partial charge in [-0.25, -0.2) is 0 Å². The third-order valence-electron chi connectivity index (χ3n) is 1.97. The molecule has 1 aliphatic heterocycles. The molecule has 0 bridgehead atoms. The number of rotatable bonds is 3. The molecule has 3 nitrogen and oxygen atoms in total. The van der Waals surface area contributed by atoms with E-state index in [1.54, 1.807) is 19.0 Å². The number of hydrogen-bond acceptors (Lipinski definition) is 3. The molecule has 4 heteroatoms. The van der Waals surface area contributed by atoms with Crippen LogP contribution in [0, 0.1) is 0 Å². The zero-order chi connectivity index (χ0) is 8.97. The predicted molar refractivity (Wildman–Crippen MR) is 52.4 cm³/mol. The van der Waals surface area contributed by atoms with Crippen LogP contribution in [-0.2, 0) is 4.79 Å². The van der Waals surface area contributed by atoms with Gasteiger partial charge in [0.15, 0.2) is 0 Å². The van der Waals surface area contributed by atoms with E-state index in [1.165, 1.54) is 12.2 Å². The quantitative estimate of drug-likeness (QED) is 0.685. The maximum absolute atomic E-state index is 11.2. The van der Waals surface area contributed by atoms with Gasteiger partial charge in [0.25, 0.3) is 0 Å². The molecule has 0 aromatic rings. The summed E-state index contributed by atoms with van der Waals surface area (Å²) in [6, 6.07) is 0.555. The van der Waals surface area contributed by atoms with E-state index < -0.39 is 0 Å². The van der Waals surface area contributed by atoms with Crippen LogP contribution in [0.3, 0.4) is 0 Å². The van der Waals surface area contributed by atoms with Crippen LogP contribution in [0.2, 0.25) is 0 Å². The maximum Gasteiger partial charge on any atom is 0.236 e. The minimum Gasteiger partial charge on any atom is -0.348 e. The van der Waals surface area contributed by atoms with Crippen LogP contribution in [0.25, 0.3) is 0 Å². The highest BCUT2D eigenvalue weighted by Crippen LogP contribution is 2.16. The lowest BCUT2D eigenvalue weighted by atomic mass is 10.2. The average Bonchev–Trinajstić information content (AvgIpc) is 2.51. The summed E-state index contributed by atoms with van der Waals surface area (Å²) in [5, 5.41) is 3.25. The first-order valence-electron chi connectivity index (χ1n) is 4.21. The van der Waals surface area contributed by atoms with E-state index >= 15 is 0 Å². The van der Waals surface area contributed by atoms with E-state index in [-0.39, 0.29) is 5.91 Å². The zero-order valence-corrected chi connectivity index (χ0v) is 8.49. The molecule has 1 saturated heterocycles. The molecule has 0 saturated carbocycles. The van der Waals surface area contributed by atoms with Crippen LogP contribution >= 0.6 is 11.8 Å². The average molecular weight is 188 g/mol. The lowest BCUT2D eigenvalue weighted by Gasteiger charge is -2.14. The monoisotopic (exact) mass is 188 g/mol. The van der Waals surface area contributed by atoms with Gasteiger partial charge in [-0.05, 0) is 12.2 Å². The Morgan fingerprint density at radius 3 is 2.92 bits per heavy atom. The van der Waals surface area contributed by atoms with Crippen molar-refractivity contribution in [3.8, 4) is 0 Å². The van der Waals surface area contributed by atoms with Gasteiger partial charge in [-0.1, -0.05) is 0 Å². The molecule has 0 unspecified atom stereocenters. The van der Waals surface area contributed by atoms with E-state index in [0.717, 1.165) is 5.75 Å². The molecule has 0 aromatic heterocycles. The van der Waals surface area contributed by atoms with Crippen molar-refractivity contribution < 1.29 is 4.79 Å².